The van der Waals surface area contributed by atoms with E-state index in [1.54, 1.807) is 52.6 Å². The first-order chi connectivity index (χ1) is 32.8. The molecule has 3 fully saturated rings. The average molecular weight is 1110 g/mol. The zero-order chi connectivity index (χ0) is 52.0. The van der Waals surface area contributed by atoms with E-state index in [9.17, 15) is 29.6 Å². The Morgan fingerprint density at radius 3 is 2.26 bits per heavy atom. The molecule has 0 bridgehead atoms. The summed E-state index contributed by atoms with van der Waals surface area (Å²) in [7, 11) is 6.99. The third-order valence-corrected chi connectivity index (χ3v) is 16.3. The summed E-state index contributed by atoms with van der Waals surface area (Å²) in [6.45, 7) is 18.3. The molecule has 0 radical (unpaired) electrons. The second-order valence-corrected chi connectivity index (χ2v) is 22.7. The lowest BCUT2D eigenvalue weighted by atomic mass is 9.77. The van der Waals surface area contributed by atoms with E-state index in [1.165, 1.54) is 14.0 Å². The molecule has 3 aliphatic rings. The van der Waals surface area contributed by atoms with Crippen molar-refractivity contribution in [3.63, 3.8) is 0 Å². The first kappa shape index (κ1) is 58.9. The lowest BCUT2D eigenvalue weighted by molar-refractivity contribution is -0.308. The van der Waals surface area contributed by atoms with Gasteiger partial charge in [0.25, 0.3) is 0 Å². The number of cyclic esters (lactones) is 1. The van der Waals surface area contributed by atoms with E-state index in [-0.39, 0.29) is 37.3 Å². The van der Waals surface area contributed by atoms with Crippen molar-refractivity contribution in [2.24, 2.45) is 17.8 Å². The number of halogens is 2. The summed E-state index contributed by atoms with van der Waals surface area (Å²) in [5, 5.41) is 56.2. The molecule has 0 saturated carbocycles. The first-order valence-electron chi connectivity index (χ1n) is 25.1. The van der Waals surface area contributed by atoms with Gasteiger partial charge in [0, 0.05) is 74.3 Å². The predicted octanol–water partition coefficient (Wildman–Crippen LogP) is 5.64. The quantitative estimate of drug-likeness (QED) is 0.126. The van der Waals surface area contributed by atoms with E-state index in [2.05, 4.69) is 37.8 Å². The Balaban J connectivity index is 1.43. The molecule has 4 N–H and O–H groups in total. The van der Waals surface area contributed by atoms with E-state index < -0.39 is 109 Å². The van der Waals surface area contributed by atoms with Gasteiger partial charge in [0.05, 0.1) is 47.2 Å². The zero-order valence-corrected chi connectivity index (χ0v) is 46.2. The molecule has 19 heteroatoms. The number of benzene rings is 1. The monoisotopic (exact) mass is 1110 g/mol. The summed E-state index contributed by atoms with van der Waals surface area (Å²) in [5.74, 6) is -2.54. The average Bonchev–Trinajstić information content (AvgIpc) is 3.78. The van der Waals surface area contributed by atoms with Crippen molar-refractivity contribution < 1.29 is 62.8 Å². The number of hydrogen-bond acceptors (Lipinski definition) is 16. The number of aliphatic hydroxyl groups is 4. The zero-order valence-electron chi connectivity index (χ0n) is 44.0. The molecule has 5 rings (SSSR count). The number of hydrogen-bond donors (Lipinski definition) is 4. The van der Waals surface area contributed by atoms with Gasteiger partial charge in [-0.1, -0.05) is 38.1 Å². The number of alkyl halides is 1. The maximum Gasteiger partial charge on any atom is 0.311 e. The Morgan fingerprint density at radius 2 is 1.64 bits per heavy atom. The molecule has 4 heterocycles. The highest BCUT2D eigenvalue weighted by Gasteiger charge is 2.52. The minimum atomic E-state index is -1.82. The van der Waals surface area contributed by atoms with Gasteiger partial charge in [-0.25, -0.2) is 9.07 Å². The highest BCUT2D eigenvalue weighted by atomic mass is 127. The molecule has 70 heavy (non-hydrogen) atoms. The molecular weight excluding hydrogens is 1020 g/mol. The van der Waals surface area contributed by atoms with Crippen LogP contribution in [-0.4, -0.2) is 183 Å². The number of carbonyl (C=O) groups excluding carboxylic acids is 1. The number of methoxy groups -OCH3 is 2. The Labute approximate surface area is 429 Å². The van der Waals surface area contributed by atoms with Crippen LogP contribution < -0.4 is 0 Å². The van der Waals surface area contributed by atoms with Crippen molar-refractivity contribution in [2.75, 3.05) is 48.1 Å². The number of rotatable bonds is 15. The summed E-state index contributed by atoms with van der Waals surface area (Å²) in [6.07, 6.45) is -4.38. The molecule has 17 nitrogen and oxygen atoms in total. The topological polar surface area (TPSA) is 200 Å². The van der Waals surface area contributed by atoms with Gasteiger partial charge < -0.3 is 63.4 Å². The van der Waals surface area contributed by atoms with Crippen molar-refractivity contribution >= 4 is 28.6 Å². The molecule has 0 amide bonds. The van der Waals surface area contributed by atoms with E-state index in [1.807, 2.05) is 71.0 Å². The summed E-state index contributed by atoms with van der Waals surface area (Å²) < 4.78 is 61.7. The second-order valence-electron chi connectivity index (χ2n) is 21.4. The van der Waals surface area contributed by atoms with Gasteiger partial charge in [-0.05, 0) is 128 Å². The van der Waals surface area contributed by atoms with Crippen molar-refractivity contribution in [3.8, 4) is 0 Å². The normalized spacial score (nSPS) is 39.8. The van der Waals surface area contributed by atoms with Gasteiger partial charge >= 0.3 is 5.97 Å². The molecule has 0 spiro atoms. The minimum absolute atomic E-state index is 0.000808. The van der Waals surface area contributed by atoms with Crippen LogP contribution in [-0.2, 0) is 44.4 Å². The maximum atomic E-state index is 14.6. The number of aliphatic hydroxyl groups excluding tert-OH is 2. The van der Waals surface area contributed by atoms with E-state index in [4.69, 9.17) is 33.2 Å². The Bertz CT molecular complexity index is 1930. The minimum Gasteiger partial charge on any atom is -0.459 e. The lowest BCUT2D eigenvalue weighted by Gasteiger charge is -2.48. The largest absolute Gasteiger partial charge is 0.459 e. The third-order valence-electron chi connectivity index (χ3n) is 15.6. The van der Waals surface area contributed by atoms with Crippen LogP contribution in [0.5, 0.6) is 0 Å². The molecule has 0 unspecified atom stereocenters. The number of ether oxygens (including phenoxy) is 7. The van der Waals surface area contributed by atoms with Crippen molar-refractivity contribution in [1.29, 1.82) is 0 Å². The van der Waals surface area contributed by atoms with Crippen LogP contribution >= 0.6 is 22.6 Å². The summed E-state index contributed by atoms with van der Waals surface area (Å²) in [5.41, 5.74) is -2.82. The highest BCUT2D eigenvalue weighted by molar-refractivity contribution is 14.1. The maximum absolute atomic E-state index is 14.6. The van der Waals surface area contributed by atoms with E-state index >= 15 is 0 Å². The van der Waals surface area contributed by atoms with Crippen LogP contribution in [0.2, 0.25) is 0 Å². The van der Waals surface area contributed by atoms with Crippen LogP contribution in [0, 0.1) is 21.3 Å². The van der Waals surface area contributed by atoms with Crippen LogP contribution in [0.15, 0.2) is 30.5 Å². The van der Waals surface area contributed by atoms with Crippen molar-refractivity contribution in [2.45, 2.75) is 204 Å². The fraction of sp³-hybridized carbons (Fsp3) is 0.824. The van der Waals surface area contributed by atoms with Gasteiger partial charge in [-0.15, -0.1) is 5.10 Å². The smallest absolute Gasteiger partial charge is 0.311 e. The lowest BCUT2D eigenvalue weighted by Crippen LogP contribution is -2.59. The Morgan fingerprint density at radius 1 is 0.971 bits per heavy atom. The molecule has 1 aromatic heterocycles. The number of likely N-dealkylation sites (N-methyl/N-ethyl adjacent to an activating group) is 2. The van der Waals surface area contributed by atoms with Gasteiger partial charge in [-0.2, -0.15) is 0 Å². The van der Waals surface area contributed by atoms with Crippen molar-refractivity contribution in [1.82, 2.24) is 24.8 Å². The molecule has 3 aliphatic heterocycles. The molecular formula is C51H85FIN5O12. The highest BCUT2D eigenvalue weighted by Crippen LogP contribution is 2.40. The fourth-order valence-corrected chi connectivity index (χ4v) is 11.5. The molecule has 400 valence electrons. The number of carbonyl (C=O) groups is 1. The predicted molar refractivity (Wildman–Crippen MR) is 269 cm³/mol. The summed E-state index contributed by atoms with van der Waals surface area (Å²) in [6, 6.07) is 6.55. The standard InChI is InChI=1S/C51H85FIN5O12/c1-15-40-51(10,63)45(59)33(6)57(12)27-29(2)24-49(8,62)47(31(4)43(32(5)48(61)68-40)69-42-25-50(9,65-14)46(60)34(7)67-42)70-41-23-38(22-30(3)66-41)56(11)21-20-37-28-58(55-54-37)39(26-52)44(64-13)35-16-18-36(53)19-17-35/h16-19,28-34,38-47,59-60,62-63H,15,20-27H2,1-14H3/t29-,30-,31+,32-,33-,34+,38+,39-,40-,41+,42+,43+,44-,45-,46+,47-,49-,50-,51-/m1/s1. The van der Waals surface area contributed by atoms with Crippen LogP contribution in [0.3, 0.4) is 0 Å². The number of aromatic nitrogens is 3. The van der Waals surface area contributed by atoms with Crippen LogP contribution in [0.25, 0.3) is 0 Å². The van der Waals surface area contributed by atoms with Crippen LogP contribution in [0.4, 0.5) is 4.39 Å². The first-order valence-corrected chi connectivity index (χ1v) is 26.2. The Kier molecular flexibility index (Phi) is 21.1. The summed E-state index contributed by atoms with van der Waals surface area (Å²) in [4.78, 5) is 18.7. The number of esters is 1. The SMILES string of the molecule is CC[C@H]1OC(=O)[C@H](C)[C@@H](O[C@H]2C[C@@](C)(OC)[C@@H](O)[C@H](C)O2)[C@H](C)[C@@H](O[C@H]2C[C@@H](N(C)CCc3cn([C@H](CF)[C@H](OC)c4ccc(I)cc4)nn3)C[C@@H](C)O2)[C@](C)(O)C[C@@H](C)CN(C)[C@H](C)[C@@H](O)[C@]1(C)O. The fourth-order valence-electron chi connectivity index (χ4n) is 11.1. The molecule has 3 saturated heterocycles. The van der Waals surface area contributed by atoms with E-state index in [0.717, 1.165) is 9.13 Å². The molecule has 1 aromatic carbocycles. The van der Waals surface area contributed by atoms with Crippen molar-refractivity contribution in [3.05, 3.63) is 45.3 Å². The van der Waals surface area contributed by atoms with Gasteiger partial charge in [-0.3, -0.25) is 4.79 Å². The third kappa shape index (κ3) is 14.0. The van der Waals surface area contributed by atoms with Gasteiger partial charge in [0.2, 0.25) is 0 Å². The molecule has 2 aromatic rings. The molecule has 19 atom stereocenters. The van der Waals surface area contributed by atoms with Gasteiger partial charge in [0.15, 0.2) is 12.6 Å². The van der Waals surface area contributed by atoms with Crippen LogP contribution in [0.1, 0.15) is 125 Å². The summed E-state index contributed by atoms with van der Waals surface area (Å²) >= 11 is 2.23. The molecule has 0 aliphatic carbocycles. The number of nitrogens with zero attached hydrogens (tertiary/aromatic N) is 5. The van der Waals surface area contributed by atoms with E-state index in [0.29, 0.717) is 38.0 Å². The second kappa shape index (κ2) is 25.0. The van der Waals surface area contributed by atoms with Gasteiger partial charge in [0.1, 0.15) is 42.7 Å². The Hall–Kier alpha value is -1.99.